The summed E-state index contributed by atoms with van der Waals surface area (Å²) in [6, 6.07) is -0.368. The highest BCUT2D eigenvalue weighted by Gasteiger charge is 2.43. The number of hydrogen-bond donors (Lipinski definition) is 3. The summed E-state index contributed by atoms with van der Waals surface area (Å²) >= 11 is 0. The number of carbonyl (C=O) groups excluding carboxylic acids is 1. The van der Waals surface area contributed by atoms with Gasteiger partial charge >= 0.3 is 5.97 Å². The van der Waals surface area contributed by atoms with Crippen LogP contribution in [0.5, 0.6) is 0 Å². The average molecular weight is 273 g/mol. The van der Waals surface area contributed by atoms with Crippen molar-refractivity contribution in [2.45, 2.75) is 31.3 Å². The monoisotopic (exact) mass is 273 g/mol. The Kier molecular flexibility index (Phi) is 5.71. The third-order valence-corrected chi connectivity index (χ3v) is 3.51. The number of methoxy groups -OCH3 is 1. The second-order valence-corrected chi connectivity index (χ2v) is 5.00. The topological polar surface area (TPSA) is 105 Å². The van der Waals surface area contributed by atoms with Gasteiger partial charge in [-0.05, 0) is 19.8 Å². The third-order valence-electron chi connectivity index (χ3n) is 3.51. The number of nitrogens with one attached hydrogen (secondary N) is 1. The van der Waals surface area contributed by atoms with Crippen molar-refractivity contribution in [3.05, 3.63) is 0 Å². The molecule has 0 aromatic rings. The van der Waals surface area contributed by atoms with Gasteiger partial charge in [-0.3, -0.25) is 14.5 Å². The number of ether oxygens (including phenoxy) is 1. The molecule has 110 valence electrons. The Labute approximate surface area is 113 Å². The molecule has 4 N–H and O–H groups in total. The van der Waals surface area contributed by atoms with E-state index < -0.39 is 11.5 Å². The Balaban J connectivity index is 2.40. The summed E-state index contributed by atoms with van der Waals surface area (Å²) < 4.78 is 4.89. The summed E-state index contributed by atoms with van der Waals surface area (Å²) in [6.45, 7) is 3.64. The minimum Gasteiger partial charge on any atom is -0.480 e. The van der Waals surface area contributed by atoms with Gasteiger partial charge in [0.15, 0.2) is 0 Å². The van der Waals surface area contributed by atoms with Gasteiger partial charge in [-0.2, -0.15) is 0 Å². The largest absolute Gasteiger partial charge is 0.480 e. The molecule has 0 aromatic heterocycles. The van der Waals surface area contributed by atoms with Gasteiger partial charge in [0.2, 0.25) is 5.91 Å². The SMILES string of the molecule is COCCCNC(=O)C(C)N1CCC(N)(C(=O)O)C1. The van der Waals surface area contributed by atoms with Crippen LogP contribution in [0, 0.1) is 0 Å². The molecule has 1 saturated heterocycles. The van der Waals surface area contributed by atoms with Gasteiger partial charge in [0.25, 0.3) is 0 Å². The van der Waals surface area contributed by atoms with E-state index in [1.807, 2.05) is 0 Å². The number of nitrogens with zero attached hydrogens (tertiary/aromatic N) is 1. The summed E-state index contributed by atoms with van der Waals surface area (Å²) in [5.41, 5.74) is 4.55. The Morgan fingerprint density at radius 3 is 2.79 bits per heavy atom. The lowest BCUT2D eigenvalue weighted by atomic mass is 10.0. The molecule has 0 bridgehead atoms. The van der Waals surface area contributed by atoms with Gasteiger partial charge in [-0.15, -0.1) is 0 Å². The molecule has 2 unspecified atom stereocenters. The van der Waals surface area contributed by atoms with Crippen molar-refractivity contribution in [3.8, 4) is 0 Å². The van der Waals surface area contributed by atoms with Crippen LogP contribution in [-0.4, -0.2) is 66.8 Å². The molecule has 19 heavy (non-hydrogen) atoms. The molecule has 0 aromatic carbocycles. The number of rotatable bonds is 7. The summed E-state index contributed by atoms with van der Waals surface area (Å²) in [4.78, 5) is 24.7. The molecule has 0 aliphatic carbocycles. The number of likely N-dealkylation sites (tertiary alicyclic amines) is 1. The third kappa shape index (κ3) is 4.15. The molecule has 0 spiro atoms. The van der Waals surface area contributed by atoms with E-state index in [2.05, 4.69) is 5.32 Å². The molecular formula is C12H23N3O4. The number of carbonyl (C=O) groups is 2. The molecule has 0 saturated carbocycles. The van der Waals surface area contributed by atoms with Crippen molar-refractivity contribution in [2.24, 2.45) is 5.73 Å². The van der Waals surface area contributed by atoms with Gasteiger partial charge in [-0.25, -0.2) is 0 Å². The van der Waals surface area contributed by atoms with Crippen LogP contribution in [0.3, 0.4) is 0 Å². The second kappa shape index (κ2) is 6.83. The molecule has 7 nitrogen and oxygen atoms in total. The number of hydrogen-bond acceptors (Lipinski definition) is 5. The number of carboxylic acid groups (broad SMARTS) is 1. The summed E-state index contributed by atoms with van der Waals surface area (Å²) in [5.74, 6) is -1.12. The molecular weight excluding hydrogens is 250 g/mol. The van der Waals surface area contributed by atoms with E-state index in [1.54, 1.807) is 18.9 Å². The zero-order chi connectivity index (χ0) is 14.5. The maximum absolute atomic E-state index is 11.9. The summed E-state index contributed by atoms with van der Waals surface area (Å²) in [7, 11) is 1.61. The maximum Gasteiger partial charge on any atom is 0.325 e. The summed E-state index contributed by atoms with van der Waals surface area (Å²) in [5, 5.41) is 11.8. The normalized spacial score (nSPS) is 25.2. The van der Waals surface area contributed by atoms with Crippen LogP contribution in [-0.2, 0) is 14.3 Å². The zero-order valence-corrected chi connectivity index (χ0v) is 11.5. The highest BCUT2D eigenvalue weighted by molar-refractivity contribution is 5.82. The fraction of sp³-hybridized carbons (Fsp3) is 0.833. The fourth-order valence-electron chi connectivity index (χ4n) is 2.11. The predicted octanol–water partition coefficient (Wildman–Crippen LogP) is -0.985. The van der Waals surface area contributed by atoms with E-state index in [9.17, 15) is 9.59 Å². The van der Waals surface area contributed by atoms with E-state index in [0.717, 1.165) is 6.42 Å². The van der Waals surface area contributed by atoms with E-state index in [0.29, 0.717) is 26.1 Å². The number of nitrogens with two attached hydrogens (primary N) is 1. The van der Waals surface area contributed by atoms with Crippen molar-refractivity contribution >= 4 is 11.9 Å². The van der Waals surface area contributed by atoms with Gasteiger partial charge in [0.1, 0.15) is 5.54 Å². The Morgan fingerprint density at radius 1 is 1.58 bits per heavy atom. The molecule has 0 radical (unpaired) electrons. The highest BCUT2D eigenvalue weighted by atomic mass is 16.5. The van der Waals surface area contributed by atoms with Crippen molar-refractivity contribution in [1.82, 2.24) is 10.2 Å². The first-order chi connectivity index (χ1) is 8.90. The number of carboxylic acids is 1. The fourth-order valence-corrected chi connectivity index (χ4v) is 2.11. The lowest BCUT2D eigenvalue weighted by Crippen LogP contribution is -2.52. The Morgan fingerprint density at radius 2 is 2.26 bits per heavy atom. The smallest absolute Gasteiger partial charge is 0.325 e. The predicted molar refractivity (Wildman–Crippen MR) is 69.7 cm³/mol. The van der Waals surface area contributed by atoms with Crippen molar-refractivity contribution in [3.63, 3.8) is 0 Å². The molecule has 1 rings (SSSR count). The summed E-state index contributed by atoms with van der Waals surface area (Å²) in [6.07, 6.45) is 1.12. The Bertz CT molecular complexity index is 337. The molecule has 1 fully saturated rings. The molecule has 1 amide bonds. The van der Waals surface area contributed by atoms with Crippen molar-refractivity contribution < 1.29 is 19.4 Å². The minimum atomic E-state index is -1.23. The standard InChI is InChI=1S/C12H23N3O4/c1-9(10(16)14-5-3-7-19-2)15-6-4-12(13,8-15)11(17)18/h9H,3-8,13H2,1-2H3,(H,14,16)(H,17,18). The van der Waals surface area contributed by atoms with Crippen LogP contribution in [0.15, 0.2) is 0 Å². The number of amides is 1. The lowest BCUT2D eigenvalue weighted by molar-refractivity contribution is -0.143. The molecule has 1 heterocycles. The van der Waals surface area contributed by atoms with Crippen LogP contribution < -0.4 is 11.1 Å². The molecule has 2 atom stereocenters. The van der Waals surface area contributed by atoms with Crippen LogP contribution in [0.25, 0.3) is 0 Å². The molecule has 1 aliphatic heterocycles. The minimum absolute atomic E-state index is 0.106. The second-order valence-electron chi connectivity index (χ2n) is 5.00. The highest BCUT2D eigenvalue weighted by Crippen LogP contribution is 2.21. The first-order valence-corrected chi connectivity index (χ1v) is 6.43. The van der Waals surface area contributed by atoms with Gasteiger partial charge < -0.3 is 20.9 Å². The average Bonchev–Trinajstić information content (AvgIpc) is 2.77. The maximum atomic E-state index is 11.9. The van der Waals surface area contributed by atoms with Gasteiger partial charge in [0, 0.05) is 33.4 Å². The quantitative estimate of drug-likeness (QED) is 0.515. The number of aliphatic carboxylic acids is 1. The van der Waals surface area contributed by atoms with E-state index in [1.165, 1.54) is 0 Å². The van der Waals surface area contributed by atoms with Crippen LogP contribution in [0.4, 0.5) is 0 Å². The van der Waals surface area contributed by atoms with Crippen LogP contribution >= 0.6 is 0 Å². The van der Waals surface area contributed by atoms with E-state index in [4.69, 9.17) is 15.6 Å². The van der Waals surface area contributed by atoms with Crippen LogP contribution in [0.1, 0.15) is 19.8 Å². The first kappa shape index (κ1) is 15.9. The first-order valence-electron chi connectivity index (χ1n) is 6.43. The zero-order valence-electron chi connectivity index (χ0n) is 11.5. The van der Waals surface area contributed by atoms with Crippen molar-refractivity contribution in [1.29, 1.82) is 0 Å². The van der Waals surface area contributed by atoms with Crippen molar-refractivity contribution in [2.75, 3.05) is 33.4 Å². The molecule has 7 heteroatoms. The van der Waals surface area contributed by atoms with Gasteiger partial charge in [-0.1, -0.05) is 0 Å². The molecule has 1 aliphatic rings. The van der Waals surface area contributed by atoms with E-state index >= 15 is 0 Å². The van der Waals surface area contributed by atoms with Crippen LogP contribution in [0.2, 0.25) is 0 Å². The lowest BCUT2D eigenvalue weighted by Gasteiger charge is -2.25. The van der Waals surface area contributed by atoms with Gasteiger partial charge in [0.05, 0.1) is 6.04 Å². The Hall–Kier alpha value is -1.18. The van der Waals surface area contributed by atoms with E-state index in [-0.39, 0.29) is 18.5 Å².